The van der Waals surface area contributed by atoms with E-state index in [1.807, 2.05) is 42.5 Å². The zero-order valence-corrected chi connectivity index (χ0v) is 15.7. The first kappa shape index (κ1) is 17.0. The molecule has 0 saturated carbocycles. The topological polar surface area (TPSA) is 54.7 Å². The van der Waals surface area contributed by atoms with Gasteiger partial charge in [0.05, 0.1) is 22.8 Å². The van der Waals surface area contributed by atoms with Gasteiger partial charge in [-0.15, -0.1) is 0 Å². The number of carbonyl (C=O) groups excluding carboxylic acids is 1. The van der Waals surface area contributed by atoms with Gasteiger partial charge in [-0.3, -0.25) is 14.0 Å². The fourth-order valence-corrected chi connectivity index (χ4v) is 3.99. The van der Waals surface area contributed by atoms with Crippen LogP contribution in [0.25, 0.3) is 16.4 Å². The Labute approximate surface area is 165 Å². The van der Waals surface area contributed by atoms with Gasteiger partial charge in [0.2, 0.25) is 0 Å². The molecule has 3 heterocycles. The molecule has 5 nitrogen and oxygen atoms in total. The van der Waals surface area contributed by atoms with Gasteiger partial charge in [0, 0.05) is 24.7 Å². The summed E-state index contributed by atoms with van der Waals surface area (Å²) in [5, 5.41) is 2.41. The van der Waals surface area contributed by atoms with Gasteiger partial charge in [-0.05, 0) is 29.0 Å². The van der Waals surface area contributed by atoms with Crippen LogP contribution in [0.4, 0.5) is 0 Å². The van der Waals surface area contributed by atoms with E-state index in [9.17, 15) is 9.59 Å². The van der Waals surface area contributed by atoms with Gasteiger partial charge in [-0.25, -0.2) is 4.98 Å². The lowest BCUT2D eigenvalue weighted by molar-refractivity contribution is 0.0734. The molecular formula is C22H16ClN3O2. The van der Waals surface area contributed by atoms with Gasteiger partial charge in [0.1, 0.15) is 5.65 Å². The molecule has 0 fully saturated rings. The minimum atomic E-state index is -0.169. The molecule has 5 rings (SSSR count). The van der Waals surface area contributed by atoms with Crippen LogP contribution in [0.3, 0.4) is 0 Å². The molecule has 2 aromatic heterocycles. The van der Waals surface area contributed by atoms with Crippen LogP contribution in [0.1, 0.15) is 21.6 Å². The molecule has 6 heteroatoms. The molecule has 1 amide bonds. The standard InChI is InChI=1S/C22H16ClN3O2/c23-15-8-9-20-24-19-10-11-25(13-18(19)22(28)26(20)12-15)21(27)17-7-3-5-14-4-1-2-6-16(14)17/h1-9,12H,10-11,13H2. The lowest BCUT2D eigenvalue weighted by Gasteiger charge is -2.28. The molecular weight excluding hydrogens is 374 g/mol. The van der Waals surface area contributed by atoms with E-state index >= 15 is 0 Å². The molecule has 2 aromatic carbocycles. The fraction of sp³-hybridized carbons (Fsp3) is 0.136. The summed E-state index contributed by atoms with van der Waals surface area (Å²) < 4.78 is 1.45. The van der Waals surface area contributed by atoms with E-state index in [0.717, 1.165) is 16.5 Å². The second-order valence-electron chi connectivity index (χ2n) is 6.92. The Morgan fingerprint density at radius 3 is 2.75 bits per heavy atom. The van der Waals surface area contributed by atoms with E-state index < -0.39 is 0 Å². The number of fused-ring (bicyclic) bond motifs is 3. The first-order chi connectivity index (χ1) is 13.6. The number of carbonyl (C=O) groups is 1. The lowest BCUT2D eigenvalue weighted by atomic mass is 10.0. The number of hydrogen-bond donors (Lipinski definition) is 0. The van der Waals surface area contributed by atoms with Crippen LogP contribution in [0.15, 0.2) is 65.6 Å². The summed E-state index contributed by atoms with van der Waals surface area (Å²) in [7, 11) is 0. The molecule has 0 atom stereocenters. The number of hydrogen-bond acceptors (Lipinski definition) is 3. The average molecular weight is 390 g/mol. The van der Waals surface area contributed by atoms with Crippen LogP contribution >= 0.6 is 11.6 Å². The van der Waals surface area contributed by atoms with E-state index in [4.69, 9.17) is 11.6 Å². The Kier molecular flexibility index (Phi) is 3.91. The summed E-state index contributed by atoms with van der Waals surface area (Å²) in [6, 6.07) is 17.0. The van der Waals surface area contributed by atoms with Crippen molar-refractivity contribution in [2.45, 2.75) is 13.0 Å². The van der Waals surface area contributed by atoms with E-state index in [1.54, 1.807) is 23.2 Å². The molecule has 138 valence electrons. The molecule has 0 unspecified atom stereocenters. The van der Waals surface area contributed by atoms with Gasteiger partial charge in [-0.1, -0.05) is 48.0 Å². The molecule has 0 saturated heterocycles. The van der Waals surface area contributed by atoms with Crippen LogP contribution in [0, 0.1) is 0 Å². The molecule has 4 aromatic rings. The summed E-state index contributed by atoms with van der Waals surface area (Å²) in [4.78, 5) is 32.5. The van der Waals surface area contributed by atoms with Crippen molar-refractivity contribution in [1.29, 1.82) is 0 Å². The van der Waals surface area contributed by atoms with Crippen molar-refractivity contribution in [1.82, 2.24) is 14.3 Å². The Morgan fingerprint density at radius 2 is 1.86 bits per heavy atom. The molecule has 0 N–H and O–H groups in total. The summed E-state index contributed by atoms with van der Waals surface area (Å²) >= 11 is 6.04. The van der Waals surface area contributed by atoms with Gasteiger partial charge in [0.15, 0.2) is 0 Å². The number of benzene rings is 2. The maximum atomic E-state index is 13.2. The highest BCUT2D eigenvalue weighted by Crippen LogP contribution is 2.23. The molecule has 1 aliphatic rings. The molecule has 1 aliphatic heterocycles. The number of halogens is 1. The van der Waals surface area contributed by atoms with E-state index in [-0.39, 0.29) is 18.0 Å². The predicted molar refractivity (Wildman–Crippen MR) is 109 cm³/mol. The van der Waals surface area contributed by atoms with Crippen molar-refractivity contribution in [3.63, 3.8) is 0 Å². The van der Waals surface area contributed by atoms with E-state index in [2.05, 4.69) is 4.98 Å². The number of pyridine rings is 1. The largest absolute Gasteiger partial charge is 0.334 e. The molecule has 0 aliphatic carbocycles. The van der Waals surface area contributed by atoms with Crippen LogP contribution in [-0.4, -0.2) is 26.7 Å². The van der Waals surface area contributed by atoms with Gasteiger partial charge in [0.25, 0.3) is 11.5 Å². The quantitative estimate of drug-likeness (QED) is 0.499. The molecule has 0 bridgehead atoms. The van der Waals surface area contributed by atoms with Crippen molar-refractivity contribution < 1.29 is 4.79 Å². The zero-order valence-electron chi connectivity index (χ0n) is 14.9. The minimum absolute atomic E-state index is 0.0713. The monoisotopic (exact) mass is 389 g/mol. The van der Waals surface area contributed by atoms with Crippen molar-refractivity contribution in [3.05, 3.63) is 93.0 Å². The summed E-state index contributed by atoms with van der Waals surface area (Å²) in [5.74, 6) is -0.0713. The SMILES string of the molecule is O=C(c1cccc2ccccc12)N1CCc2nc3ccc(Cl)cn3c(=O)c2C1. The van der Waals surface area contributed by atoms with Crippen molar-refractivity contribution in [2.24, 2.45) is 0 Å². The van der Waals surface area contributed by atoms with Crippen LogP contribution in [-0.2, 0) is 13.0 Å². The van der Waals surface area contributed by atoms with Crippen LogP contribution in [0.2, 0.25) is 5.02 Å². The highest BCUT2D eigenvalue weighted by molar-refractivity contribution is 6.30. The van der Waals surface area contributed by atoms with E-state index in [1.165, 1.54) is 4.40 Å². The number of amides is 1. The Hall–Kier alpha value is -3.18. The lowest BCUT2D eigenvalue weighted by Crippen LogP contribution is -2.40. The highest BCUT2D eigenvalue weighted by atomic mass is 35.5. The van der Waals surface area contributed by atoms with Gasteiger partial charge < -0.3 is 4.90 Å². The first-order valence-electron chi connectivity index (χ1n) is 9.08. The van der Waals surface area contributed by atoms with Gasteiger partial charge in [-0.2, -0.15) is 0 Å². The van der Waals surface area contributed by atoms with Crippen molar-refractivity contribution in [3.8, 4) is 0 Å². The normalized spacial score (nSPS) is 13.7. The molecule has 28 heavy (non-hydrogen) atoms. The van der Waals surface area contributed by atoms with Crippen molar-refractivity contribution >= 4 is 33.9 Å². The van der Waals surface area contributed by atoms with Crippen LogP contribution < -0.4 is 5.56 Å². The smallest absolute Gasteiger partial charge is 0.263 e. The minimum Gasteiger partial charge on any atom is -0.334 e. The Balaban J connectivity index is 1.56. The second kappa shape index (κ2) is 6.46. The summed E-state index contributed by atoms with van der Waals surface area (Å²) in [6.07, 6.45) is 2.12. The second-order valence-corrected chi connectivity index (χ2v) is 7.36. The Bertz CT molecular complexity index is 1310. The third-order valence-corrected chi connectivity index (χ3v) is 5.46. The third kappa shape index (κ3) is 2.67. The fourth-order valence-electron chi connectivity index (χ4n) is 3.83. The number of rotatable bonds is 1. The number of nitrogens with zero attached hydrogens (tertiary/aromatic N) is 3. The highest BCUT2D eigenvalue weighted by Gasteiger charge is 2.26. The molecule has 0 spiro atoms. The third-order valence-electron chi connectivity index (χ3n) is 5.24. The van der Waals surface area contributed by atoms with E-state index in [0.29, 0.717) is 34.8 Å². The van der Waals surface area contributed by atoms with Crippen LogP contribution in [0.5, 0.6) is 0 Å². The zero-order chi connectivity index (χ0) is 19.3. The summed E-state index contributed by atoms with van der Waals surface area (Å²) in [5.41, 5.74) is 2.37. The average Bonchev–Trinajstić information content (AvgIpc) is 2.73. The predicted octanol–water partition coefficient (Wildman–Crippen LogP) is 3.70. The molecule has 0 radical (unpaired) electrons. The first-order valence-corrected chi connectivity index (χ1v) is 9.46. The van der Waals surface area contributed by atoms with Gasteiger partial charge >= 0.3 is 0 Å². The summed E-state index contributed by atoms with van der Waals surface area (Å²) in [6.45, 7) is 0.782. The maximum absolute atomic E-state index is 13.2. The van der Waals surface area contributed by atoms with Crippen molar-refractivity contribution in [2.75, 3.05) is 6.54 Å². The number of aromatic nitrogens is 2. The Morgan fingerprint density at radius 1 is 1.04 bits per heavy atom. The maximum Gasteiger partial charge on any atom is 0.263 e.